The molecule has 0 spiro atoms. The Morgan fingerprint density at radius 3 is 2.88 bits per heavy atom. The maximum atomic E-state index is 12.7. The summed E-state index contributed by atoms with van der Waals surface area (Å²) in [5.41, 5.74) is 0.796. The molecule has 1 aromatic rings. The molecule has 2 aliphatic rings. The number of fused-ring (bicyclic) bond motifs is 1. The molecule has 0 radical (unpaired) electrons. The summed E-state index contributed by atoms with van der Waals surface area (Å²) < 4.78 is 11.3. The van der Waals surface area contributed by atoms with Gasteiger partial charge in [0.25, 0.3) is 0 Å². The van der Waals surface area contributed by atoms with Crippen LogP contribution in [0.25, 0.3) is 0 Å². The van der Waals surface area contributed by atoms with Crippen LogP contribution in [0.1, 0.15) is 31.7 Å². The summed E-state index contributed by atoms with van der Waals surface area (Å²) in [6.07, 6.45) is 2.70. The highest BCUT2D eigenvalue weighted by molar-refractivity contribution is 6.32. The zero-order valence-corrected chi connectivity index (χ0v) is 15.8. The molecule has 1 fully saturated rings. The first-order chi connectivity index (χ1) is 12.6. The van der Waals surface area contributed by atoms with Gasteiger partial charge in [-0.15, -0.1) is 0 Å². The molecule has 1 atom stereocenters. The molecule has 1 unspecified atom stereocenters. The zero-order chi connectivity index (χ0) is 18.5. The molecule has 0 saturated carbocycles. The number of nitrogens with zero attached hydrogens (tertiary/aromatic N) is 1. The quantitative estimate of drug-likeness (QED) is 0.871. The third kappa shape index (κ3) is 4.41. The van der Waals surface area contributed by atoms with Gasteiger partial charge in [-0.3, -0.25) is 9.59 Å². The van der Waals surface area contributed by atoms with E-state index in [9.17, 15) is 9.59 Å². The molecule has 1 aromatic carbocycles. The number of carbonyl (C=O) groups excluding carboxylic acids is 2. The van der Waals surface area contributed by atoms with E-state index in [1.807, 2.05) is 13.0 Å². The first kappa shape index (κ1) is 18.8. The van der Waals surface area contributed by atoms with E-state index >= 15 is 0 Å². The smallest absolute Gasteiger partial charge is 0.227 e. The molecule has 0 aliphatic carbocycles. The monoisotopic (exact) mass is 380 g/mol. The topological polar surface area (TPSA) is 67.9 Å². The van der Waals surface area contributed by atoms with E-state index in [1.165, 1.54) is 0 Å². The number of ether oxygens (including phenoxy) is 2. The van der Waals surface area contributed by atoms with E-state index in [-0.39, 0.29) is 24.2 Å². The summed E-state index contributed by atoms with van der Waals surface area (Å²) in [7, 11) is 0. The molecule has 2 heterocycles. The van der Waals surface area contributed by atoms with Crippen LogP contribution in [-0.4, -0.2) is 49.6 Å². The number of benzene rings is 1. The van der Waals surface area contributed by atoms with Gasteiger partial charge in [0.05, 0.1) is 30.6 Å². The van der Waals surface area contributed by atoms with Gasteiger partial charge >= 0.3 is 0 Å². The number of rotatable bonds is 4. The summed E-state index contributed by atoms with van der Waals surface area (Å²) in [5.74, 6) is 1.06. The van der Waals surface area contributed by atoms with Crippen molar-refractivity contribution >= 4 is 23.4 Å². The van der Waals surface area contributed by atoms with Crippen molar-refractivity contribution in [1.29, 1.82) is 0 Å². The van der Waals surface area contributed by atoms with Crippen molar-refractivity contribution in [1.82, 2.24) is 10.2 Å². The Labute approximate surface area is 158 Å². The lowest BCUT2D eigenvalue weighted by molar-refractivity contribution is -0.135. The van der Waals surface area contributed by atoms with Crippen LogP contribution in [0.3, 0.4) is 0 Å². The third-order valence-corrected chi connectivity index (χ3v) is 4.99. The lowest BCUT2D eigenvalue weighted by Crippen LogP contribution is -2.45. The van der Waals surface area contributed by atoms with Gasteiger partial charge in [0, 0.05) is 26.1 Å². The average Bonchev–Trinajstić information content (AvgIpc) is 2.88. The molecule has 1 saturated heterocycles. The van der Waals surface area contributed by atoms with E-state index in [2.05, 4.69) is 5.32 Å². The number of piperidine rings is 1. The van der Waals surface area contributed by atoms with Gasteiger partial charge < -0.3 is 19.7 Å². The van der Waals surface area contributed by atoms with Crippen LogP contribution in [0, 0.1) is 5.92 Å². The highest BCUT2D eigenvalue weighted by Crippen LogP contribution is 2.38. The zero-order valence-electron chi connectivity index (χ0n) is 15.1. The first-order valence-electron chi connectivity index (χ1n) is 9.22. The predicted molar refractivity (Wildman–Crippen MR) is 98.8 cm³/mol. The standard InChI is InChI=1S/C19H25ClN2O4/c1-2-21-19(24)14-5-3-6-22(12-14)17(23)11-13-9-15(20)18-16(10-13)25-7-4-8-26-18/h9-10,14H,2-8,11-12H2,1H3,(H,21,24). The van der Waals surface area contributed by atoms with Gasteiger partial charge in [0.2, 0.25) is 11.8 Å². The second-order valence-corrected chi connectivity index (χ2v) is 7.11. The maximum absolute atomic E-state index is 12.7. The fourth-order valence-corrected chi connectivity index (χ4v) is 3.70. The predicted octanol–water partition coefficient (Wildman–Crippen LogP) is 2.42. The molecule has 7 heteroatoms. The Balaban J connectivity index is 1.67. The molecule has 26 heavy (non-hydrogen) atoms. The van der Waals surface area contributed by atoms with E-state index in [0.29, 0.717) is 49.4 Å². The maximum Gasteiger partial charge on any atom is 0.227 e. The fourth-order valence-electron chi connectivity index (χ4n) is 3.41. The van der Waals surface area contributed by atoms with Crippen LogP contribution in [0.5, 0.6) is 11.5 Å². The van der Waals surface area contributed by atoms with E-state index < -0.39 is 0 Å². The molecule has 2 amide bonds. The number of halogens is 1. The van der Waals surface area contributed by atoms with Crippen LogP contribution in [0.15, 0.2) is 12.1 Å². The molecule has 1 N–H and O–H groups in total. The van der Waals surface area contributed by atoms with Crippen molar-refractivity contribution in [3.8, 4) is 11.5 Å². The van der Waals surface area contributed by atoms with Crippen molar-refractivity contribution in [2.45, 2.75) is 32.6 Å². The molecule has 142 valence electrons. The van der Waals surface area contributed by atoms with Gasteiger partial charge in [-0.2, -0.15) is 0 Å². The number of hydrogen-bond acceptors (Lipinski definition) is 4. The highest BCUT2D eigenvalue weighted by atomic mass is 35.5. The van der Waals surface area contributed by atoms with Crippen molar-refractivity contribution in [3.63, 3.8) is 0 Å². The largest absolute Gasteiger partial charge is 0.489 e. The minimum absolute atomic E-state index is 0.00422. The molecule has 0 aromatic heterocycles. The van der Waals surface area contributed by atoms with Crippen molar-refractivity contribution in [3.05, 3.63) is 22.7 Å². The van der Waals surface area contributed by atoms with E-state index in [4.69, 9.17) is 21.1 Å². The van der Waals surface area contributed by atoms with Gasteiger partial charge in [-0.1, -0.05) is 11.6 Å². The van der Waals surface area contributed by atoms with Gasteiger partial charge in [0.1, 0.15) is 0 Å². The average molecular weight is 381 g/mol. The van der Waals surface area contributed by atoms with Crippen molar-refractivity contribution in [2.75, 3.05) is 32.8 Å². The summed E-state index contributed by atoms with van der Waals surface area (Å²) in [6.45, 7) is 4.81. The minimum atomic E-state index is -0.125. The van der Waals surface area contributed by atoms with Gasteiger partial charge in [-0.05, 0) is 37.5 Å². The van der Waals surface area contributed by atoms with Crippen LogP contribution in [0.4, 0.5) is 0 Å². The normalized spacial score (nSPS) is 19.6. The number of likely N-dealkylation sites (tertiary alicyclic amines) is 1. The number of amides is 2. The minimum Gasteiger partial charge on any atom is -0.489 e. The molecule has 6 nitrogen and oxygen atoms in total. The fraction of sp³-hybridized carbons (Fsp3) is 0.579. The summed E-state index contributed by atoms with van der Waals surface area (Å²) >= 11 is 6.31. The lowest BCUT2D eigenvalue weighted by Gasteiger charge is -2.32. The Morgan fingerprint density at radius 2 is 2.08 bits per heavy atom. The molecule has 3 rings (SSSR count). The van der Waals surface area contributed by atoms with Crippen LogP contribution in [-0.2, 0) is 16.0 Å². The number of carbonyl (C=O) groups is 2. The first-order valence-corrected chi connectivity index (χ1v) is 9.59. The number of hydrogen-bond donors (Lipinski definition) is 1. The SMILES string of the molecule is CCNC(=O)C1CCCN(C(=O)Cc2cc(Cl)c3c(c2)OCCCO3)C1. The van der Waals surface area contributed by atoms with Gasteiger partial charge in [-0.25, -0.2) is 0 Å². The summed E-state index contributed by atoms with van der Waals surface area (Å²) in [5, 5.41) is 3.31. The Morgan fingerprint density at radius 1 is 1.27 bits per heavy atom. The number of nitrogens with one attached hydrogen (secondary N) is 1. The third-order valence-electron chi connectivity index (χ3n) is 4.71. The second kappa shape index (κ2) is 8.62. The Bertz CT molecular complexity index is 680. The Kier molecular flexibility index (Phi) is 6.25. The van der Waals surface area contributed by atoms with Crippen molar-refractivity contribution < 1.29 is 19.1 Å². The Hall–Kier alpha value is -1.95. The summed E-state index contributed by atoms with van der Waals surface area (Å²) in [6, 6.07) is 3.59. The van der Waals surface area contributed by atoms with Crippen LogP contribution < -0.4 is 14.8 Å². The molecule has 0 bridgehead atoms. The second-order valence-electron chi connectivity index (χ2n) is 6.71. The van der Waals surface area contributed by atoms with Crippen LogP contribution >= 0.6 is 11.6 Å². The van der Waals surface area contributed by atoms with E-state index in [1.54, 1.807) is 11.0 Å². The molecular weight excluding hydrogens is 356 g/mol. The van der Waals surface area contributed by atoms with E-state index in [0.717, 1.165) is 24.8 Å². The van der Waals surface area contributed by atoms with Crippen LogP contribution in [0.2, 0.25) is 5.02 Å². The van der Waals surface area contributed by atoms with Crippen molar-refractivity contribution in [2.24, 2.45) is 5.92 Å². The molecular formula is C19H25ClN2O4. The highest BCUT2D eigenvalue weighted by Gasteiger charge is 2.28. The molecule has 2 aliphatic heterocycles. The lowest BCUT2D eigenvalue weighted by atomic mass is 9.96. The van der Waals surface area contributed by atoms with Gasteiger partial charge in [0.15, 0.2) is 11.5 Å². The summed E-state index contributed by atoms with van der Waals surface area (Å²) in [4.78, 5) is 26.6.